The van der Waals surface area contributed by atoms with E-state index in [0.717, 1.165) is 17.5 Å². The van der Waals surface area contributed by atoms with E-state index < -0.39 is 41.6 Å². The molecule has 8 nitrogen and oxygen atoms in total. The van der Waals surface area contributed by atoms with Crippen molar-refractivity contribution in [3.05, 3.63) is 96.1 Å². The van der Waals surface area contributed by atoms with Gasteiger partial charge in [0, 0.05) is 13.1 Å². The van der Waals surface area contributed by atoms with Crippen molar-refractivity contribution in [2.24, 2.45) is 11.8 Å². The van der Waals surface area contributed by atoms with Gasteiger partial charge in [0.05, 0.1) is 31.3 Å². The number of esters is 1. The first-order valence-corrected chi connectivity index (χ1v) is 14.0. The molecule has 4 aliphatic heterocycles. The van der Waals surface area contributed by atoms with Crippen LogP contribution in [-0.4, -0.2) is 76.2 Å². The number of aliphatic hydroxyl groups is 1. The predicted octanol–water partition coefficient (Wildman–Crippen LogP) is 2.66. The zero-order chi connectivity index (χ0) is 27.7. The van der Waals surface area contributed by atoms with Crippen LogP contribution in [0.15, 0.2) is 85.0 Å². The Morgan fingerprint density at radius 2 is 1.68 bits per heavy atom. The van der Waals surface area contributed by atoms with Gasteiger partial charge in [0.15, 0.2) is 0 Å². The first-order chi connectivity index (χ1) is 19.5. The normalized spacial score (nSPS) is 31.3. The maximum absolute atomic E-state index is 14.5. The Hall–Kier alpha value is -3.75. The number of likely N-dealkylation sites (tertiary alicyclic amines) is 1. The summed E-state index contributed by atoms with van der Waals surface area (Å²) in [5.74, 6) is -2.94. The Morgan fingerprint density at radius 3 is 2.40 bits per heavy atom. The number of carbonyl (C=O) groups excluding carboxylic acids is 3. The van der Waals surface area contributed by atoms with Gasteiger partial charge in [-0.2, -0.15) is 0 Å². The van der Waals surface area contributed by atoms with Crippen molar-refractivity contribution in [1.82, 2.24) is 9.80 Å². The molecule has 2 saturated heterocycles. The SMILES string of the molecule is O=C1OCCC/C=C\[C@H]2O[C@]34C=CCN(Cc5ccccc5)C(=O)C3N([C@@H](CO)Cc3ccccc3)C(=O)[C@@H]4[C@@H]12. The van der Waals surface area contributed by atoms with Crippen molar-refractivity contribution in [2.75, 3.05) is 19.8 Å². The number of ether oxygens (including phenoxy) is 2. The van der Waals surface area contributed by atoms with E-state index >= 15 is 0 Å². The molecule has 0 saturated carbocycles. The molecule has 0 aromatic heterocycles. The Balaban J connectivity index is 1.44. The summed E-state index contributed by atoms with van der Waals surface area (Å²) >= 11 is 0. The van der Waals surface area contributed by atoms with Crippen LogP contribution in [0.25, 0.3) is 0 Å². The minimum absolute atomic E-state index is 0.264. The van der Waals surface area contributed by atoms with Crippen LogP contribution in [-0.2, 0) is 36.8 Å². The molecule has 0 radical (unpaired) electrons. The standard InChI is InChI=1S/C32H34N2O6/c35-21-24(19-22-11-4-1-5-12-22)34-28-30(37)33(20-23-13-6-2-7-14-23)17-10-16-32(28)27(29(34)36)26-25(40-32)15-8-3-9-18-39-31(26)38/h1-2,4-8,10-16,24-28,35H,3,9,17-21H2/b15-8-/t24-,25-,26+,27+,28?,32+/m1/s1. The zero-order valence-corrected chi connectivity index (χ0v) is 22.3. The maximum Gasteiger partial charge on any atom is 0.312 e. The van der Waals surface area contributed by atoms with Gasteiger partial charge in [-0.05, 0) is 30.4 Å². The number of benzene rings is 2. The second kappa shape index (κ2) is 11.0. The van der Waals surface area contributed by atoms with Crippen molar-refractivity contribution in [2.45, 2.75) is 49.6 Å². The van der Waals surface area contributed by atoms with Crippen LogP contribution in [0.1, 0.15) is 24.0 Å². The van der Waals surface area contributed by atoms with E-state index in [4.69, 9.17) is 9.47 Å². The van der Waals surface area contributed by atoms with Gasteiger partial charge in [-0.15, -0.1) is 0 Å². The van der Waals surface area contributed by atoms with Crippen LogP contribution in [0, 0.1) is 11.8 Å². The van der Waals surface area contributed by atoms with Gasteiger partial charge in [0.2, 0.25) is 11.8 Å². The third-order valence-corrected chi connectivity index (χ3v) is 8.51. The summed E-state index contributed by atoms with van der Waals surface area (Å²) in [6, 6.07) is 17.6. The predicted molar refractivity (Wildman–Crippen MR) is 147 cm³/mol. The molecule has 40 heavy (non-hydrogen) atoms. The molecule has 2 amide bonds. The number of amides is 2. The number of allylic oxidation sites excluding steroid dienone is 1. The van der Waals surface area contributed by atoms with Crippen molar-refractivity contribution in [1.29, 1.82) is 0 Å². The summed E-state index contributed by atoms with van der Waals surface area (Å²) in [7, 11) is 0. The highest BCUT2D eigenvalue weighted by molar-refractivity contribution is 5.99. The van der Waals surface area contributed by atoms with Crippen molar-refractivity contribution >= 4 is 17.8 Å². The summed E-state index contributed by atoms with van der Waals surface area (Å²) in [5.41, 5.74) is 0.538. The monoisotopic (exact) mass is 542 g/mol. The first kappa shape index (κ1) is 26.5. The number of aliphatic hydroxyl groups excluding tert-OH is 1. The average Bonchev–Trinajstić information content (AvgIpc) is 3.39. The summed E-state index contributed by atoms with van der Waals surface area (Å²) in [5, 5.41) is 10.6. The number of nitrogens with zero attached hydrogens (tertiary/aromatic N) is 2. The molecular weight excluding hydrogens is 508 g/mol. The highest BCUT2D eigenvalue weighted by Crippen LogP contribution is 2.53. The minimum Gasteiger partial charge on any atom is -0.465 e. The topological polar surface area (TPSA) is 96.4 Å². The van der Waals surface area contributed by atoms with Crippen molar-refractivity contribution in [3.63, 3.8) is 0 Å². The van der Waals surface area contributed by atoms with E-state index in [1.807, 2.05) is 85.0 Å². The van der Waals surface area contributed by atoms with E-state index in [1.54, 1.807) is 4.90 Å². The molecule has 2 aromatic rings. The molecule has 0 bridgehead atoms. The van der Waals surface area contributed by atoms with Crippen LogP contribution in [0.4, 0.5) is 0 Å². The highest BCUT2D eigenvalue weighted by Gasteiger charge is 2.72. The summed E-state index contributed by atoms with van der Waals surface area (Å²) in [4.78, 5) is 45.5. The van der Waals surface area contributed by atoms with Gasteiger partial charge in [-0.3, -0.25) is 14.4 Å². The minimum atomic E-state index is -1.36. The lowest BCUT2D eigenvalue weighted by molar-refractivity contribution is -0.156. The number of fused-ring (bicyclic) bond motifs is 2. The van der Waals surface area contributed by atoms with Gasteiger partial charge in [-0.1, -0.05) is 85.0 Å². The quantitative estimate of drug-likeness (QED) is 0.446. The van der Waals surface area contributed by atoms with Gasteiger partial charge >= 0.3 is 5.97 Å². The number of hydrogen-bond donors (Lipinski definition) is 1. The fraction of sp³-hybridized carbons (Fsp3) is 0.406. The van der Waals surface area contributed by atoms with Crippen LogP contribution in [0.5, 0.6) is 0 Å². The molecule has 6 atom stereocenters. The van der Waals surface area contributed by atoms with Crippen LogP contribution in [0.3, 0.4) is 0 Å². The van der Waals surface area contributed by atoms with Crippen LogP contribution >= 0.6 is 0 Å². The van der Waals surface area contributed by atoms with Gasteiger partial charge in [0.1, 0.15) is 17.6 Å². The number of hydrogen-bond acceptors (Lipinski definition) is 6. The van der Waals surface area contributed by atoms with Crippen molar-refractivity contribution in [3.8, 4) is 0 Å². The van der Waals surface area contributed by atoms with E-state index in [9.17, 15) is 19.5 Å². The van der Waals surface area contributed by atoms with E-state index in [1.165, 1.54) is 4.90 Å². The zero-order valence-electron chi connectivity index (χ0n) is 22.3. The lowest BCUT2D eigenvalue weighted by atomic mass is 9.78. The second-order valence-electron chi connectivity index (χ2n) is 11.0. The van der Waals surface area contributed by atoms with E-state index in [2.05, 4.69) is 0 Å². The Morgan fingerprint density at radius 1 is 0.950 bits per heavy atom. The molecule has 4 heterocycles. The molecular formula is C32H34N2O6. The van der Waals surface area contributed by atoms with Gasteiger partial charge < -0.3 is 24.4 Å². The van der Waals surface area contributed by atoms with E-state index in [-0.39, 0.29) is 25.0 Å². The third kappa shape index (κ3) is 4.55. The third-order valence-electron chi connectivity index (χ3n) is 8.51. The second-order valence-corrected chi connectivity index (χ2v) is 11.0. The molecule has 208 valence electrons. The Kier molecular flexibility index (Phi) is 7.29. The summed E-state index contributed by atoms with van der Waals surface area (Å²) in [6.45, 7) is 0.622. The first-order valence-electron chi connectivity index (χ1n) is 14.0. The molecule has 6 rings (SSSR count). The Bertz CT molecular complexity index is 1310. The van der Waals surface area contributed by atoms with Gasteiger partial charge in [0.25, 0.3) is 0 Å². The highest BCUT2D eigenvalue weighted by atomic mass is 16.6. The smallest absolute Gasteiger partial charge is 0.312 e. The van der Waals surface area contributed by atoms with Crippen LogP contribution in [0.2, 0.25) is 0 Å². The summed E-state index contributed by atoms with van der Waals surface area (Å²) < 4.78 is 12.3. The summed E-state index contributed by atoms with van der Waals surface area (Å²) in [6.07, 6.45) is 8.58. The molecule has 1 unspecified atom stereocenters. The molecule has 0 aliphatic carbocycles. The number of carbonyl (C=O) groups is 3. The molecule has 2 aromatic carbocycles. The number of rotatable bonds is 6. The molecule has 1 N–H and O–H groups in total. The van der Waals surface area contributed by atoms with E-state index in [0.29, 0.717) is 25.9 Å². The fourth-order valence-corrected chi connectivity index (χ4v) is 6.72. The van der Waals surface area contributed by atoms with Crippen LogP contribution < -0.4 is 0 Å². The van der Waals surface area contributed by atoms with Crippen molar-refractivity contribution < 1.29 is 29.0 Å². The Labute approximate surface area is 233 Å². The molecule has 8 heteroatoms. The lowest BCUT2D eigenvalue weighted by Crippen LogP contribution is -2.58. The lowest BCUT2D eigenvalue weighted by Gasteiger charge is -2.38. The molecule has 2 fully saturated rings. The molecule has 1 spiro atoms. The molecule has 4 aliphatic rings. The fourth-order valence-electron chi connectivity index (χ4n) is 6.72. The largest absolute Gasteiger partial charge is 0.465 e. The number of cyclic esters (lactones) is 1. The van der Waals surface area contributed by atoms with Gasteiger partial charge in [-0.25, -0.2) is 0 Å². The average molecular weight is 543 g/mol. The maximum atomic E-state index is 14.5.